The molecule has 3 saturated heterocycles. The molecule has 19 nitrogen and oxygen atoms in total. The molecule has 17 atom stereocenters. The second-order valence-corrected chi connectivity index (χ2v) is 30.7. The number of allylic oxidation sites excluding steroid dienone is 6. The van der Waals surface area contributed by atoms with Gasteiger partial charge in [0.1, 0.15) is 73.2 Å². The van der Waals surface area contributed by atoms with Crippen LogP contribution in [0.2, 0.25) is 0 Å². The van der Waals surface area contributed by atoms with Crippen molar-refractivity contribution >= 4 is 5.91 Å². The predicted octanol–water partition coefficient (Wildman–Crippen LogP) is 15.1. The summed E-state index contributed by atoms with van der Waals surface area (Å²) >= 11 is 0. The van der Waals surface area contributed by atoms with E-state index < -0.39 is 124 Å². The Bertz CT molecular complexity index is 2000. The van der Waals surface area contributed by atoms with E-state index in [1.165, 1.54) is 263 Å². The molecule has 3 fully saturated rings. The van der Waals surface area contributed by atoms with Crippen LogP contribution in [-0.4, -0.2) is 193 Å². The quantitative estimate of drug-likeness (QED) is 0.0199. The zero-order valence-corrected chi connectivity index (χ0v) is 65.1. The molecule has 0 saturated carbocycles. The number of amides is 1. The van der Waals surface area contributed by atoms with Gasteiger partial charge in [-0.2, -0.15) is 0 Å². The van der Waals surface area contributed by atoms with E-state index >= 15 is 0 Å². The Morgan fingerprint density at radius 3 is 1.00 bits per heavy atom. The normalized spacial score (nSPS) is 26.2. The van der Waals surface area contributed by atoms with Gasteiger partial charge in [-0.25, -0.2) is 0 Å². The van der Waals surface area contributed by atoms with Crippen LogP contribution in [0.1, 0.15) is 361 Å². The second-order valence-electron chi connectivity index (χ2n) is 30.7. The van der Waals surface area contributed by atoms with Crippen LogP contribution in [0.3, 0.4) is 0 Å². The molecular weight excluding hydrogens is 1310 g/mol. The minimum Gasteiger partial charge on any atom is -0.394 e. The SMILES string of the molecule is CCCCCCC/C=C\C/C=C\C/C=C\CCCCCCCCCCCCCCC(=O)NC(COC1OC(CO)C(OC2OC(CO)C(OC3OC(CO)C(O)C(O)C3O)C(O)C2O)C(O)C1O)C(O)CCCCCCCCCCCCCCCCCCCCCCCCCCCCCCCCC. The Morgan fingerprint density at radius 1 is 0.350 bits per heavy atom. The zero-order chi connectivity index (χ0) is 74.6. The number of aliphatic hydroxyl groups is 11. The first-order valence-corrected chi connectivity index (χ1v) is 42.7. The molecule has 0 spiro atoms. The average molecular weight is 1470 g/mol. The molecule has 17 unspecified atom stereocenters. The molecule has 3 aliphatic rings. The minimum absolute atomic E-state index is 0.240. The van der Waals surface area contributed by atoms with Crippen LogP contribution in [0.5, 0.6) is 0 Å². The van der Waals surface area contributed by atoms with Gasteiger partial charge in [0.25, 0.3) is 0 Å². The van der Waals surface area contributed by atoms with Gasteiger partial charge in [-0.15, -0.1) is 0 Å². The van der Waals surface area contributed by atoms with Crippen molar-refractivity contribution in [3.63, 3.8) is 0 Å². The Kier molecular flexibility index (Phi) is 59.9. The standard InChI is InChI=1S/C84H157NO18/c1-3-5-7-9-11-13-15-17-19-21-23-25-27-29-31-32-33-34-36-37-39-41-43-45-47-49-51-53-55-57-59-61-68(89)67(85-72(90)62-60-58-56-54-52-50-48-46-44-42-40-38-35-30-28-26-24-22-20-18-16-14-12-10-8-6-4-2)66-98-82-78(96)75(93)80(70(64-87)100-82)103-84-79(97)76(94)81(71(65-88)101-84)102-83-77(95)74(92)73(91)69(63-86)99-83/h16,18,22,24,28,30,67-71,73-84,86-89,91-97H,3-15,17,19-21,23,25-27,29,31-66H2,1-2H3,(H,85,90)/b18-16-,24-22-,30-28-. The van der Waals surface area contributed by atoms with Gasteiger partial charge in [0.15, 0.2) is 18.9 Å². The molecule has 0 aromatic carbocycles. The van der Waals surface area contributed by atoms with Crippen LogP contribution < -0.4 is 5.32 Å². The zero-order valence-electron chi connectivity index (χ0n) is 65.1. The van der Waals surface area contributed by atoms with Gasteiger partial charge in [0.05, 0.1) is 38.6 Å². The maximum absolute atomic E-state index is 13.5. The maximum atomic E-state index is 13.5. The van der Waals surface area contributed by atoms with Crippen LogP contribution in [0.4, 0.5) is 0 Å². The highest BCUT2D eigenvalue weighted by atomic mass is 16.8. The summed E-state index contributed by atoms with van der Waals surface area (Å²) < 4.78 is 34.6. The van der Waals surface area contributed by atoms with Crippen LogP contribution in [0, 0.1) is 0 Å². The second kappa shape index (κ2) is 64.8. The van der Waals surface area contributed by atoms with E-state index in [9.17, 15) is 61.0 Å². The monoisotopic (exact) mass is 1470 g/mol. The number of carbonyl (C=O) groups is 1. The molecule has 3 aliphatic heterocycles. The molecule has 19 heteroatoms. The topological polar surface area (TPSA) is 307 Å². The van der Waals surface area contributed by atoms with Gasteiger partial charge < -0.3 is 89.9 Å². The van der Waals surface area contributed by atoms with E-state index in [0.29, 0.717) is 12.8 Å². The smallest absolute Gasteiger partial charge is 0.220 e. The molecule has 12 N–H and O–H groups in total. The van der Waals surface area contributed by atoms with E-state index in [0.717, 1.165) is 64.2 Å². The van der Waals surface area contributed by atoms with Crippen molar-refractivity contribution in [1.29, 1.82) is 0 Å². The first-order chi connectivity index (χ1) is 50.3. The van der Waals surface area contributed by atoms with Gasteiger partial charge in [0, 0.05) is 6.42 Å². The number of ether oxygens (including phenoxy) is 6. The average Bonchev–Trinajstić information content (AvgIpc) is 0.781. The number of rotatable bonds is 69. The maximum Gasteiger partial charge on any atom is 0.220 e. The van der Waals surface area contributed by atoms with Gasteiger partial charge in [-0.05, 0) is 51.4 Å². The summed E-state index contributed by atoms with van der Waals surface area (Å²) in [6, 6.07) is -0.891. The number of unbranched alkanes of at least 4 members (excludes halogenated alkanes) is 47. The molecule has 0 aromatic rings. The summed E-state index contributed by atoms with van der Waals surface area (Å²) in [7, 11) is 0. The highest BCUT2D eigenvalue weighted by Gasteiger charge is 2.54. The molecule has 0 radical (unpaired) electrons. The summed E-state index contributed by atoms with van der Waals surface area (Å²) in [5, 5.41) is 121. The van der Waals surface area contributed by atoms with Crippen molar-refractivity contribution in [3.8, 4) is 0 Å². The highest BCUT2D eigenvalue weighted by molar-refractivity contribution is 5.76. The van der Waals surface area contributed by atoms with E-state index in [1.54, 1.807) is 0 Å². The molecular formula is C84H157NO18. The molecule has 0 bridgehead atoms. The first-order valence-electron chi connectivity index (χ1n) is 42.7. The Balaban J connectivity index is 1.35. The lowest BCUT2D eigenvalue weighted by Crippen LogP contribution is -2.66. The number of carbonyl (C=O) groups excluding carboxylic acids is 1. The van der Waals surface area contributed by atoms with E-state index in [-0.39, 0.29) is 18.9 Å². The van der Waals surface area contributed by atoms with Crippen molar-refractivity contribution in [2.24, 2.45) is 0 Å². The van der Waals surface area contributed by atoms with Crippen molar-refractivity contribution in [2.45, 2.75) is 465 Å². The van der Waals surface area contributed by atoms with Gasteiger partial charge in [-0.3, -0.25) is 4.79 Å². The largest absolute Gasteiger partial charge is 0.394 e. The number of nitrogens with one attached hydrogen (secondary N) is 1. The predicted molar refractivity (Wildman–Crippen MR) is 411 cm³/mol. The molecule has 606 valence electrons. The highest BCUT2D eigenvalue weighted by Crippen LogP contribution is 2.33. The van der Waals surface area contributed by atoms with Crippen molar-refractivity contribution in [1.82, 2.24) is 5.32 Å². The first kappa shape index (κ1) is 95.2. The lowest BCUT2D eigenvalue weighted by molar-refractivity contribution is -0.379. The van der Waals surface area contributed by atoms with Crippen molar-refractivity contribution in [2.75, 3.05) is 26.4 Å². The van der Waals surface area contributed by atoms with Crippen LogP contribution in [-0.2, 0) is 33.2 Å². The fraction of sp³-hybridized carbons (Fsp3) is 0.917. The summed E-state index contributed by atoms with van der Waals surface area (Å²) in [6.07, 6.45) is 53.8. The summed E-state index contributed by atoms with van der Waals surface area (Å²) in [5.74, 6) is -0.240. The molecule has 0 aliphatic carbocycles. The summed E-state index contributed by atoms with van der Waals surface area (Å²) in [6.45, 7) is 1.85. The van der Waals surface area contributed by atoms with E-state index in [4.69, 9.17) is 28.4 Å². The lowest BCUT2D eigenvalue weighted by Gasteiger charge is -2.48. The molecule has 3 heterocycles. The van der Waals surface area contributed by atoms with Crippen LogP contribution in [0.15, 0.2) is 36.5 Å². The summed E-state index contributed by atoms with van der Waals surface area (Å²) in [4.78, 5) is 13.5. The fourth-order valence-corrected chi connectivity index (χ4v) is 14.6. The number of hydrogen-bond donors (Lipinski definition) is 12. The van der Waals surface area contributed by atoms with Crippen molar-refractivity contribution < 1.29 is 89.4 Å². The Hall–Kier alpha value is -1.99. The number of aliphatic hydroxyl groups excluding tert-OH is 11. The molecule has 3 rings (SSSR count). The Morgan fingerprint density at radius 2 is 0.641 bits per heavy atom. The van der Waals surface area contributed by atoms with Gasteiger partial charge in [0.2, 0.25) is 5.91 Å². The molecule has 0 aromatic heterocycles. The third-order valence-corrected chi connectivity index (χ3v) is 21.5. The third-order valence-electron chi connectivity index (χ3n) is 21.5. The Labute approximate surface area is 625 Å². The van der Waals surface area contributed by atoms with Crippen molar-refractivity contribution in [3.05, 3.63) is 36.5 Å². The number of hydrogen-bond acceptors (Lipinski definition) is 18. The van der Waals surface area contributed by atoms with E-state index in [2.05, 4.69) is 55.6 Å². The fourth-order valence-electron chi connectivity index (χ4n) is 14.6. The molecule has 1 amide bonds. The van der Waals surface area contributed by atoms with E-state index in [1.807, 2.05) is 0 Å². The summed E-state index contributed by atoms with van der Waals surface area (Å²) in [5.41, 5.74) is 0. The minimum atomic E-state index is -1.97. The van der Waals surface area contributed by atoms with Crippen LogP contribution >= 0.6 is 0 Å². The van der Waals surface area contributed by atoms with Gasteiger partial charge >= 0.3 is 0 Å². The molecule has 103 heavy (non-hydrogen) atoms. The third kappa shape index (κ3) is 44.5. The van der Waals surface area contributed by atoms with Crippen LogP contribution in [0.25, 0.3) is 0 Å². The van der Waals surface area contributed by atoms with Gasteiger partial charge in [-0.1, -0.05) is 339 Å². The lowest BCUT2D eigenvalue weighted by atomic mass is 9.96.